The highest BCUT2D eigenvalue weighted by atomic mass is 16.5. The van der Waals surface area contributed by atoms with Crippen LogP contribution in [-0.4, -0.2) is 40.3 Å². The first-order chi connectivity index (χ1) is 15.8. The van der Waals surface area contributed by atoms with E-state index in [1.165, 1.54) is 24.3 Å². The monoisotopic (exact) mass is 445 g/mol. The Balaban J connectivity index is 1.70. The van der Waals surface area contributed by atoms with Crippen molar-refractivity contribution < 1.29 is 24.2 Å². The topological polar surface area (TPSA) is 101 Å². The van der Waals surface area contributed by atoms with Gasteiger partial charge in [0.15, 0.2) is 0 Å². The summed E-state index contributed by atoms with van der Waals surface area (Å²) in [6.45, 7) is 3.70. The van der Waals surface area contributed by atoms with E-state index in [9.17, 15) is 14.4 Å². The second kappa shape index (κ2) is 8.74. The SMILES string of the molecule is COC(=O)CC(C)n1cc(C=C2C(=O)N(c3ccc(C(=O)O)cc3)N=C2C)c2ccccc21. The van der Waals surface area contributed by atoms with Crippen LogP contribution < -0.4 is 5.01 Å². The lowest BCUT2D eigenvalue weighted by atomic mass is 10.1. The summed E-state index contributed by atoms with van der Waals surface area (Å²) in [5.41, 5.74) is 3.41. The fourth-order valence-electron chi connectivity index (χ4n) is 3.89. The Labute approximate surface area is 190 Å². The number of hydrazone groups is 1. The van der Waals surface area contributed by atoms with Crippen molar-refractivity contribution in [3.63, 3.8) is 0 Å². The molecule has 1 aromatic heterocycles. The van der Waals surface area contributed by atoms with Gasteiger partial charge >= 0.3 is 11.9 Å². The molecular formula is C25H23N3O5. The van der Waals surface area contributed by atoms with E-state index in [1.807, 2.05) is 42.0 Å². The zero-order chi connectivity index (χ0) is 23.7. The van der Waals surface area contributed by atoms with Crippen molar-refractivity contribution in [3.8, 4) is 0 Å². The summed E-state index contributed by atoms with van der Waals surface area (Å²) in [5, 5.41) is 15.7. The minimum absolute atomic E-state index is 0.132. The van der Waals surface area contributed by atoms with Crippen LogP contribution in [0.2, 0.25) is 0 Å². The number of hydrogen-bond acceptors (Lipinski definition) is 5. The normalized spacial score (nSPS) is 15.7. The Kier molecular flexibility index (Phi) is 5.83. The Morgan fingerprint density at radius 3 is 2.52 bits per heavy atom. The van der Waals surface area contributed by atoms with Crippen LogP contribution in [0, 0.1) is 0 Å². The van der Waals surface area contributed by atoms with Crippen LogP contribution in [-0.2, 0) is 14.3 Å². The van der Waals surface area contributed by atoms with Gasteiger partial charge in [-0.1, -0.05) is 18.2 Å². The Bertz CT molecular complexity index is 1320. The standard InChI is InChI=1S/C25H23N3O5/c1-15(12-23(29)33-3)27-14-18(20-6-4-5-7-22(20)27)13-21-16(2)26-28(24(21)30)19-10-8-17(9-11-19)25(31)32/h4-11,13-15H,12H2,1-3H3,(H,31,32). The number of hydrogen-bond donors (Lipinski definition) is 1. The summed E-state index contributed by atoms with van der Waals surface area (Å²) in [6, 6.07) is 13.7. The molecule has 1 amide bonds. The van der Waals surface area contributed by atoms with Crippen LogP contribution in [0.15, 0.2) is 65.4 Å². The number of nitrogens with zero attached hydrogens (tertiary/aromatic N) is 3. The fourth-order valence-corrected chi connectivity index (χ4v) is 3.89. The van der Waals surface area contributed by atoms with Crippen molar-refractivity contribution >= 4 is 46.2 Å². The molecule has 1 N–H and O–H groups in total. The molecule has 0 radical (unpaired) electrons. The Hall–Kier alpha value is -4.20. The molecule has 0 saturated heterocycles. The summed E-state index contributed by atoms with van der Waals surface area (Å²) >= 11 is 0. The molecule has 0 aliphatic carbocycles. The number of carbonyl (C=O) groups excluding carboxylic acids is 2. The highest BCUT2D eigenvalue weighted by molar-refractivity contribution is 6.32. The van der Waals surface area contributed by atoms with Crippen LogP contribution in [0.5, 0.6) is 0 Å². The van der Waals surface area contributed by atoms with Crippen molar-refractivity contribution in [2.24, 2.45) is 5.10 Å². The van der Waals surface area contributed by atoms with Gasteiger partial charge in [-0.15, -0.1) is 0 Å². The Morgan fingerprint density at radius 2 is 1.85 bits per heavy atom. The minimum Gasteiger partial charge on any atom is -0.478 e. The first-order valence-corrected chi connectivity index (χ1v) is 10.4. The average Bonchev–Trinajstić information content (AvgIpc) is 3.32. The number of rotatable bonds is 6. The van der Waals surface area contributed by atoms with Crippen LogP contribution in [0.4, 0.5) is 5.69 Å². The van der Waals surface area contributed by atoms with E-state index in [2.05, 4.69) is 5.10 Å². The average molecular weight is 445 g/mol. The number of carboxylic acid groups (broad SMARTS) is 1. The van der Waals surface area contributed by atoms with Crippen molar-refractivity contribution in [1.82, 2.24) is 4.57 Å². The number of carboxylic acids is 1. The third-order valence-electron chi connectivity index (χ3n) is 5.66. The number of amides is 1. The molecule has 0 spiro atoms. The van der Waals surface area contributed by atoms with Crippen molar-refractivity contribution in [2.45, 2.75) is 26.3 Å². The molecule has 0 fully saturated rings. The van der Waals surface area contributed by atoms with Gasteiger partial charge in [0.1, 0.15) is 0 Å². The molecule has 1 unspecified atom stereocenters. The number of para-hydroxylation sites is 1. The second-order valence-corrected chi connectivity index (χ2v) is 7.85. The maximum Gasteiger partial charge on any atom is 0.335 e. The van der Waals surface area contributed by atoms with Crippen LogP contribution in [0.1, 0.15) is 42.2 Å². The molecule has 33 heavy (non-hydrogen) atoms. The molecule has 168 valence electrons. The van der Waals surface area contributed by atoms with Crippen LogP contribution in [0.25, 0.3) is 17.0 Å². The summed E-state index contributed by atoms with van der Waals surface area (Å²) in [7, 11) is 1.37. The third-order valence-corrected chi connectivity index (χ3v) is 5.66. The molecule has 0 saturated carbocycles. The van der Waals surface area contributed by atoms with Gasteiger partial charge < -0.3 is 14.4 Å². The van der Waals surface area contributed by atoms with Gasteiger partial charge in [0, 0.05) is 28.7 Å². The van der Waals surface area contributed by atoms with Gasteiger partial charge in [0.05, 0.1) is 36.1 Å². The number of anilines is 1. The van der Waals surface area contributed by atoms with Gasteiger partial charge in [0.25, 0.3) is 5.91 Å². The largest absolute Gasteiger partial charge is 0.478 e. The number of benzene rings is 2. The van der Waals surface area contributed by atoms with E-state index in [0.717, 1.165) is 16.5 Å². The predicted molar refractivity (Wildman–Crippen MR) is 125 cm³/mol. The number of aromatic nitrogens is 1. The number of fused-ring (bicyclic) bond motifs is 1. The van der Waals surface area contributed by atoms with Crippen molar-refractivity contribution in [3.05, 3.63) is 71.4 Å². The summed E-state index contributed by atoms with van der Waals surface area (Å²) in [4.78, 5) is 36.0. The predicted octanol–water partition coefficient (Wildman–Crippen LogP) is 4.27. The summed E-state index contributed by atoms with van der Waals surface area (Å²) < 4.78 is 6.82. The summed E-state index contributed by atoms with van der Waals surface area (Å²) in [6.07, 6.45) is 3.96. The first-order valence-electron chi connectivity index (χ1n) is 10.4. The summed E-state index contributed by atoms with van der Waals surface area (Å²) in [5.74, 6) is -1.62. The van der Waals surface area contributed by atoms with Gasteiger partial charge in [-0.25, -0.2) is 4.79 Å². The van der Waals surface area contributed by atoms with Crippen LogP contribution in [0.3, 0.4) is 0 Å². The van der Waals surface area contributed by atoms with E-state index in [-0.39, 0.29) is 29.9 Å². The van der Waals surface area contributed by atoms with E-state index >= 15 is 0 Å². The highest BCUT2D eigenvalue weighted by Crippen LogP contribution is 2.30. The van der Waals surface area contributed by atoms with Gasteiger partial charge in [0.2, 0.25) is 0 Å². The molecular weight excluding hydrogens is 422 g/mol. The molecule has 8 heteroatoms. The van der Waals surface area contributed by atoms with Gasteiger partial charge in [-0.3, -0.25) is 9.59 Å². The number of carbonyl (C=O) groups is 3. The zero-order valence-corrected chi connectivity index (χ0v) is 18.5. The number of aromatic carboxylic acids is 1. The quantitative estimate of drug-likeness (QED) is 0.451. The molecule has 1 aliphatic heterocycles. The van der Waals surface area contributed by atoms with Crippen molar-refractivity contribution in [2.75, 3.05) is 12.1 Å². The Morgan fingerprint density at radius 1 is 1.15 bits per heavy atom. The smallest absolute Gasteiger partial charge is 0.335 e. The number of esters is 1. The molecule has 8 nitrogen and oxygen atoms in total. The molecule has 0 bridgehead atoms. The minimum atomic E-state index is -1.03. The third kappa shape index (κ3) is 4.15. The molecule has 3 aromatic rings. The van der Waals surface area contributed by atoms with E-state index in [0.29, 0.717) is 17.0 Å². The maximum atomic E-state index is 13.2. The van der Waals surface area contributed by atoms with E-state index < -0.39 is 5.97 Å². The van der Waals surface area contributed by atoms with E-state index in [1.54, 1.807) is 25.1 Å². The second-order valence-electron chi connectivity index (χ2n) is 7.85. The highest BCUT2D eigenvalue weighted by Gasteiger charge is 2.29. The molecule has 4 rings (SSSR count). The van der Waals surface area contributed by atoms with E-state index in [4.69, 9.17) is 9.84 Å². The van der Waals surface area contributed by atoms with Gasteiger partial charge in [-0.2, -0.15) is 10.1 Å². The molecule has 1 aliphatic rings. The lowest BCUT2D eigenvalue weighted by Gasteiger charge is -2.13. The van der Waals surface area contributed by atoms with Gasteiger partial charge in [-0.05, 0) is 50.3 Å². The van der Waals surface area contributed by atoms with Crippen LogP contribution >= 0.6 is 0 Å². The van der Waals surface area contributed by atoms with Crippen molar-refractivity contribution in [1.29, 1.82) is 0 Å². The number of methoxy groups -OCH3 is 1. The fraction of sp³-hybridized carbons (Fsp3) is 0.200. The molecule has 2 aromatic carbocycles. The molecule has 2 heterocycles. The zero-order valence-electron chi connectivity index (χ0n) is 18.5. The lowest BCUT2D eigenvalue weighted by Crippen LogP contribution is -2.21. The first kappa shape index (κ1) is 22.0. The maximum absolute atomic E-state index is 13.2. The lowest BCUT2D eigenvalue weighted by molar-refractivity contribution is -0.141. The molecule has 1 atom stereocenters. The number of ether oxygens (including phenoxy) is 1.